The highest BCUT2D eigenvalue weighted by Crippen LogP contribution is 2.36. The standard InChI is InChI=1S/C13H19N5O/c1-2-8-4-3-5-9(6-8)12-15-13(19-18-12)10-7-11(14)17-16-10/h7-9H,2-6H2,1H3,(H3,14,16,17). The van der Waals surface area contributed by atoms with Gasteiger partial charge in [0, 0.05) is 12.0 Å². The molecule has 2 aromatic rings. The molecule has 6 nitrogen and oxygen atoms in total. The summed E-state index contributed by atoms with van der Waals surface area (Å²) in [4.78, 5) is 4.48. The molecule has 6 heteroatoms. The highest BCUT2D eigenvalue weighted by atomic mass is 16.5. The zero-order chi connectivity index (χ0) is 13.2. The molecule has 1 saturated carbocycles. The van der Waals surface area contributed by atoms with Gasteiger partial charge in [-0.25, -0.2) is 0 Å². The number of nitrogens with two attached hydrogens (primary N) is 1. The first-order valence-electron chi connectivity index (χ1n) is 6.91. The van der Waals surface area contributed by atoms with Gasteiger partial charge >= 0.3 is 0 Å². The molecule has 1 aliphatic rings. The Morgan fingerprint density at radius 1 is 1.47 bits per heavy atom. The number of hydrogen-bond donors (Lipinski definition) is 2. The van der Waals surface area contributed by atoms with Crippen LogP contribution in [0.25, 0.3) is 11.6 Å². The normalized spacial score (nSPS) is 23.6. The zero-order valence-electron chi connectivity index (χ0n) is 11.1. The predicted octanol–water partition coefficient (Wildman–Crippen LogP) is 2.73. The van der Waals surface area contributed by atoms with Crippen LogP contribution in [0.15, 0.2) is 10.6 Å². The van der Waals surface area contributed by atoms with Gasteiger partial charge in [0.15, 0.2) is 5.82 Å². The topological polar surface area (TPSA) is 93.6 Å². The van der Waals surface area contributed by atoms with E-state index in [9.17, 15) is 0 Å². The lowest BCUT2D eigenvalue weighted by atomic mass is 9.80. The summed E-state index contributed by atoms with van der Waals surface area (Å²) in [6.07, 6.45) is 6.14. The molecule has 0 spiro atoms. The van der Waals surface area contributed by atoms with Crippen LogP contribution >= 0.6 is 0 Å². The fourth-order valence-corrected chi connectivity index (χ4v) is 2.85. The first kappa shape index (κ1) is 12.2. The first-order chi connectivity index (χ1) is 9.26. The number of aromatic nitrogens is 4. The molecule has 2 heterocycles. The third kappa shape index (κ3) is 2.47. The van der Waals surface area contributed by atoms with E-state index in [0.717, 1.165) is 18.2 Å². The van der Waals surface area contributed by atoms with Crippen LogP contribution in [-0.2, 0) is 0 Å². The van der Waals surface area contributed by atoms with Crippen LogP contribution in [0.3, 0.4) is 0 Å². The molecule has 2 unspecified atom stereocenters. The molecule has 2 aromatic heterocycles. The van der Waals surface area contributed by atoms with Crippen LogP contribution in [0, 0.1) is 5.92 Å². The molecule has 19 heavy (non-hydrogen) atoms. The molecule has 0 aromatic carbocycles. The van der Waals surface area contributed by atoms with Crippen molar-refractivity contribution in [3.63, 3.8) is 0 Å². The Hall–Kier alpha value is -1.85. The SMILES string of the molecule is CCC1CCCC(c2noc(-c3cc(N)n[nH]3)n2)C1. The Balaban J connectivity index is 1.77. The van der Waals surface area contributed by atoms with Crippen LogP contribution in [0.2, 0.25) is 0 Å². The summed E-state index contributed by atoms with van der Waals surface area (Å²) in [6, 6.07) is 1.70. The molecule has 0 amide bonds. The average Bonchev–Trinajstić information content (AvgIpc) is 3.07. The van der Waals surface area contributed by atoms with Gasteiger partial charge in [-0.1, -0.05) is 31.3 Å². The first-order valence-corrected chi connectivity index (χ1v) is 6.91. The molecular weight excluding hydrogens is 242 g/mol. The Bertz CT molecular complexity index is 547. The zero-order valence-corrected chi connectivity index (χ0v) is 11.1. The summed E-state index contributed by atoms with van der Waals surface area (Å²) in [6.45, 7) is 2.25. The van der Waals surface area contributed by atoms with Crippen LogP contribution < -0.4 is 5.73 Å². The molecule has 102 valence electrons. The number of H-pyrrole nitrogens is 1. The lowest BCUT2D eigenvalue weighted by Gasteiger charge is -2.26. The maximum absolute atomic E-state index is 5.57. The van der Waals surface area contributed by atoms with Crippen molar-refractivity contribution in [2.45, 2.75) is 44.9 Å². The van der Waals surface area contributed by atoms with Crippen molar-refractivity contribution in [2.24, 2.45) is 5.92 Å². The molecule has 1 fully saturated rings. The summed E-state index contributed by atoms with van der Waals surface area (Å²) < 4.78 is 5.30. The molecule has 2 atom stereocenters. The second-order valence-corrected chi connectivity index (χ2v) is 5.30. The summed E-state index contributed by atoms with van der Waals surface area (Å²) in [7, 11) is 0. The van der Waals surface area contributed by atoms with E-state index in [1.807, 2.05) is 0 Å². The second kappa shape index (κ2) is 5.03. The van der Waals surface area contributed by atoms with E-state index < -0.39 is 0 Å². The number of nitrogens with zero attached hydrogens (tertiary/aromatic N) is 3. The van der Waals surface area contributed by atoms with Crippen molar-refractivity contribution in [2.75, 3.05) is 5.73 Å². The van der Waals surface area contributed by atoms with Crippen LogP contribution in [-0.4, -0.2) is 20.3 Å². The molecule has 0 radical (unpaired) electrons. The largest absolute Gasteiger partial charge is 0.382 e. The van der Waals surface area contributed by atoms with Gasteiger partial charge in [-0.15, -0.1) is 0 Å². The molecule has 3 rings (SSSR count). The van der Waals surface area contributed by atoms with Crippen LogP contribution in [0.5, 0.6) is 0 Å². The van der Waals surface area contributed by atoms with E-state index in [2.05, 4.69) is 27.3 Å². The maximum atomic E-state index is 5.57. The Morgan fingerprint density at radius 3 is 3.11 bits per heavy atom. The van der Waals surface area contributed by atoms with E-state index >= 15 is 0 Å². The lowest BCUT2D eigenvalue weighted by molar-refractivity contribution is 0.300. The Kier molecular flexibility index (Phi) is 3.23. The van der Waals surface area contributed by atoms with E-state index in [0.29, 0.717) is 23.3 Å². The van der Waals surface area contributed by atoms with E-state index in [1.54, 1.807) is 6.07 Å². The molecule has 0 bridgehead atoms. The smallest absolute Gasteiger partial charge is 0.276 e. The molecule has 0 saturated heterocycles. The van der Waals surface area contributed by atoms with Gasteiger partial charge in [-0.2, -0.15) is 10.1 Å². The van der Waals surface area contributed by atoms with Gasteiger partial charge in [-0.05, 0) is 18.8 Å². The summed E-state index contributed by atoms with van der Waals surface area (Å²) >= 11 is 0. The minimum absolute atomic E-state index is 0.427. The average molecular weight is 261 g/mol. The number of anilines is 1. The number of aromatic amines is 1. The monoisotopic (exact) mass is 261 g/mol. The van der Waals surface area contributed by atoms with Crippen LogP contribution in [0.1, 0.15) is 50.8 Å². The minimum Gasteiger partial charge on any atom is -0.382 e. The van der Waals surface area contributed by atoms with Crippen LogP contribution in [0.4, 0.5) is 5.82 Å². The quantitative estimate of drug-likeness (QED) is 0.886. The summed E-state index contributed by atoms with van der Waals surface area (Å²) in [5.74, 6) is 2.94. The maximum Gasteiger partial charge on any atom is 0.276 e. The fourth-order valence-electron chi connectivity index (χ4n) is 2.85. The third-order valence-electron chi connectivity index (χ3n) is 4.00. The number of rotatable bonds is 3. The second-order valence-electron chi connectivity index (χ2n) is 5.30. The van der Waals surface area contributed by atoms with Crippen molar-refractivity contribution >= 4 is 5.82 Å². The van der Waals surface area contributed by atoms with Crippen molar-refractivity contribution in [3.8, 4) is 11.6 Å². The van der Waals surface area contributed by atoms with E-state index in [-0.39, 0.29) is 0 Å². The summed E-state index contributed by atoms with van der Waals surface area (Å²) in [5.41, 5.74) is 6.25. The molecule has 1 aliphatic carbocycles. The van der Waals surface area contributed by atoms with Gasteiger partial charge in [0.25, 0.3) is 5.89 Å². The fraction of sp³-hybridized carbons (Fsp3) is 0.615. The lowest BCUT2D eigenvalue weighted by Crippen LogP contribution is -2.14. The molecular formula is C13H19N5O. The van der Waals surface area contributed by atoms with Gasteiger partial charge in [0.1, 0.15) is 11.5 Å². The van der Waals surface area contributed by atoms with Gasteiger partial charge in [0.2, 0.25) is 0 Å². The third-order valence-corrected chi connectivity index (χ3v) is 4.00. The Labute approximate surface area is 111 Å². The van der Waals surface area contributed by atoms with Gasteiger partial charge < -0.3 is 10.3 Å². The molecule has 3 N–H and O–H groups in total. The van der Waals surface area contributed by atoms with Crippen molar-refractivity contribution in [3.05, 3.63) is 11.9 Å². The van der Waals surface area contributed by atoms with Gasteiger partial charge in [-0.3, -0.25) is 5.10 Å². The molecule has 0 aliphatic heterocycles. The number of nitrogens with one attached hydrogen (secondary N) is 1. The highest BCUT2D eigenvalue weighted by molar-refractivity contribution is 5.51. The van der Waals surface area contributed by atoms with Crippen molar-refractivity contribution in [1.82, 2.24) is 20.3 Å². The number of hydrogen-bond acceptors (Lipinski definition) is 5. The van der Waals surface area contributed by atoms with Gasteiger partial charge in [0.05, 0.1) is 0 Å². The minimum atomic E-state index is 0.427. The van der Waals surface area contributed by atoms with Crippen molar-refractivity contribution in [1.29, 1.82) is 0 Å². The predicted molar refractivity (Wildman–Crippen MR) is 71.3 cm³/mol. The van der Waals surface area contributed by atoms with Crippen molar-refractivity contribution < 1.29 is 4.52 Å². The summed E-state index contributed by atoms with van der Waals surface area (Å²) in [5, 5.41) is 10.8. The number of nitrogen functional groups attached to an aromatic ring is 1. The Morgan fingerprint density at radius 2 is 2.37 bits per heavy atom. The van der Waals surface area contributed by atoms with E-state index in [1.165, 1.54) is 25.7 Å². The van der Waals surface area contributed by atoms with E-state index in [4.69, 9.17) is 10.3 Å². The highest BCUT2D eigenvalue weighted by Gasteiger charge is 2.26.